The molecule has 1 aliphatic rings. The summed E-state index contributed by atoms with van der Waals surface area (Å²) in [7, 11) is 3.16. The lowest BCUT2D eigenvalue weighted by atomic mass is 10.0. The molecular formula is C19H28N2O4. The van der Waals surface area contributed by atoms with Crippen molar-refractivity contribution in [2.45, 2.75) is 19.4 Å². The van der Waals surface area contributed by atoms with Gasteiger partial charge in [0, 0.05) is 36.8 Å². The zero-order chi connectivity index (χ0) is 18.2. The molecule has 1 atom stereocenters. The number of nitrogens with zero attached hydrogens (tertiary/aromatic N) is 1. The van der Waals surface area contributed by atoms with E-state index in [1.165, 1.54) is 0 Å². The van der Waals surface area contributed by atoms with Gasteiger partial charge in [-0.15, -0.1) is 6.58 Å². The number of benzene rings is 1. The molecule has 2 rings (SSSR count). The molecule has 0 radical (unpaired) electrons. The molecule has 1 fully saturated rings. The van der Waals surface area contributed by atoms with Crippen molar-refractivity contribution >= 4 is 5.91 Å². The third-order valence-electron chi connectivity index (χ3n) is 4.20. The second-order valence-corrected chi connectivity index (χ2v) is 6.15. The highest BCUT2D eigenvalue weighted by molar-refractivity contribution is 5.95. The predicted octanol–water partition coefficient (Wildman–Crippen LogP) is 1.88. The van der Waals surface area contributed by atoms with Gasteiger partial charge in [-0.25, -0.2) is 0 Å². The molecule has 138 valence electrons. The molecule has 1 aromatic carbocycles. The minimum absolute atomic E-state index is 0.0431. The van der Waals surface area contributed by atoms with E-state index in [1.807, 2.05) is 13.0 Å². The highest BCUT2D eigenvalue weighted by Crippen LogP contribution is 2.33. The molecule has 0 bridgehead atoms. The number of hydrogen-bond acceptors (Lipinski definition) is 5. The lowest BCUT2D eigenvalue weighted by molar-refractivity contribution is 0.0342. The smallest absolute Gasteiger partial charge is 0.251 e. The summed E-state index contributed by atoms with van der Waals surface area (Å²) < 4.78 is 16.1. The van der Waals surface area contributed by atoms with Crippen molar-refractivity contribution in [1.82, 2.24) is 10.2 Å². The lowest BCUT2D eigenvalue weighted by Crippen LogP contribution is -2.46. The van der Waals surface area contributed by atoms with Gasteiger partial charge in [0.25, 0.3) is 5.91 Å². The molecule has 25 heavy (non-hydrogen) atoms. The van der Waals surface area contributed by atoms with Gasteiger partial charge in [-0.2, -0.15) is 0 Å². The van der Waals surface area contributed by atoms with E-state index >= 15 is 0 Å². The van der Waals surface area contributed by atoms with Gasteiger partial charge in [-0.05, 0) is 25.5 Å². The quantitative estimate of drug-likeness (QED) is 0.727. The van der Waals surface area contributed by atoms with Gasteiger partial charge in [0.1, 0.15) is 0 Å². The maximum absolute atomic E-state index is 12.6. The number of allylic oxidation sites excluding steroid dienone is 1. The van der Waals surface area contributed by atoms with Crippen LogP contribution in [0.25, 0.3) is 0 Å². The molecule has 1 heterocycles. The Bertz CT molecular complexity index is 597. The van der Waals surface area contributed by atoms with E-state index in [-0.39, 0.29) is 11.9 Å². The van der Waals surface area contributed by atoms with E-state index in [0.29, 0.717) is 23.5 Å². The Kier molecular flexibility index (Phi) is 7.28. The summed E-state index contributed by atoms with van der Waals surface area (Å²) in [6, 6.07) is 3.59. The number of rotatable bonds is 8. The van der Waals surface area contributed by atoms with Crippen LogP contribution < -0.4 is 14.8 Å². The van der Waals surface area contributed by atoms with Crippen molar-refractivity contribution in [2.75, 3.05) is 47.1 Å². The third kappa shape index (κ3) is 5.21. The van der Waals surface area contributed by atoms with Crippen LogP contribution in [-0.2, 0) is 11.2 Å². The summed E-state index contributed by atoms with van der Waals surface area (Å²) in [5, 5.41) is 3.06. The third-order valence-corrected chi connectivity index (χ3v) is 4.20. The van der Waals surface area contributed by atoms with E-state index in [1.54, 1.807) is 26.4 Å². The Morgan fingerprint density at radius 1 is 1.36 bits per heavy atom. The Labute approximate surface area is 149 Å². The van der Waals surface area contributed by atoms with Crippen LogP contribution in [0.3, 0.4) is 0 Å². The molecule has 0 aromatic heterocycles. The first-order valence-electron chi connectivity index (χ1n) is 8.55. The molecule has 6 nitrogen and oxygen atoms in total. The van der Waals surface area contributed by atoms with Gasteiger partial charge in [0.15, 0.2) is 11.5 Å². The SMILES string of the molecule is C=CCc1cc(C(=O)N[C@H](C)CN2CCOCC2)cc(OC)c1OC. The molecule has 6 heteroatoms. The van der Waals surface area contributed by atoms with Crippen molar-refractivity contribution in [1.29, 1.82) is 0 Å². The van der Waals surface area contributed by atoms with Crippen LogP contribution in [0.1, 0.15) is 22.8 Å². The fraction of sp³-hybridized carbons (Fsp3) is 0.526. The topological polar surface area (TPSA) is 60.0 Å². The number of carbonyl (C=O) groups excluding carboxylic acids is 1. The van der Waals surface area contributed by atoms with Crippen molar-refractivity contribution in [2.24, 2.45) is 0 Å². The summed E-state index contributed by atoms with van der Waals surface area (Å²) >= 11 is 0. The van der Waals surface area contributed by atoms with Gasteiger partial charge in [0.2, 0.25) is 0 Å². The molecule has 0 unspecified atom stereocenters. The number of hydrogen-bond donors (Lipinski definition) is 1. The minimum Gasteiger partial charge on any atom is -0.493 e. The van der Waals surface area contributed by atoms with E-state index in [2.05, 4.69) is 16.8 Å². The Balaban J connectivity index is 2.09. The maximum Gasteiger partial charge on any atom is 0.251 e. The maximum atomic E-state index is 12.6. The molecule has 1 N–H and O–H groups in total. The monoisotopic (exact) mass is 348 g/mol. The molecule has 0 spiro atoms. The van der Waals surface area contributed by atoms with Crippen molar-refractivity contribution in [3.63, 3.8) is 0 Å². The van der Waals surface area contributed by atoms with Gasteiger partial charge in [-0.3, -0.25) is 9.69 Å². The Morgan fingerprint density at radius 2 is 2.08 bits per heavy atom. The van der Waals surface area contributed by atoms with Crippen LogP contribution in [0.2, 0.25) is 0 Å². The highest BCUT2D eigenvalue weighted by atomic mass is 16.5. The number of methoxy groups -OCH3 is 2. The minimum atomic E-state index is -0.118. The van der Waals surface area contributed by atoms with Crippen LogP contribution >= 0.6 is 0 Å². The second-order valence-electron chi connectivity index (χ2n) is 6.15. The summed E-state index contributed by atoms with van der Waals surface area (Å²) in [6.45, 7) is 9.89. The first-order valence-corrected chi connectivity index (χ1v) is 8.55. The molecule has 0 saturated carbocycles. The average molecular weight is 348 g/mol. The summed E-state index contributed by atoms with van der Waals surface area (Å²) in [6.07, 6.45) is 2.38. The average Bonchev–Trinajstić information content (AvgIpc) is 2.61. The number of amides is 1. The van der Waals surface area contributed by atoms with Gasteiger partial charge >= 0.3 is 0 Å². The van der Waals surface area contributed by atoms with Crippen molar-refractivity contribution in [3.8, 4) is 11.5 Å². The standard InChI is InChI=1S/C19H28N2O4/c1-5-6-15-11-16(12-17(23-3)18(15)24-4)19(22)20-14(2)13-21-7-9-25-10-8-21/h5,11-12,14H,1,6-10,13H2,2-4H3,(H,20,22)/t14-/m1/s1. The number of carbonyl (C=O) groups is 1. The summed E-state index contributed by atoms with van der Waals surface area (Å²) in [5.74, 6) is 1.07. The number of nitrogens with one attached hydrogen (secondary N) is 1. The van der Waals surface area contributed by atoms with Gasteiger partial charge in [-0.1, -0.05) is 6.08 Å². The van der Waals surface area contributed by atoms with Crippen LogP contribution in [0, 0.1) is 0 Å². The van der Waals surface area contributed by atoms with Crippen LogP contribution in [-0.4, -0.2) is 63.9 Å². The zero-order valence-electron chi connectivity index (χ0n) is 15.3. The first-order chi connectivity index (χ1) is 12.1. The Hall–Kier alpha value is -2.05. The number of morpholine rings is 1. The van der Waals surface area contributed by atoms with Crippen molar-refractivity contribution < 1.29 is 19.0 Å². The Morgan fingerprint density at radius 3 is 2.68 bits per heavy atom. The summed E-state index contributed by atoms with van der Waals surface area (Å²) in [4.78, 5) is 14.9. The second kappa shape index (κ2) is 9.44. The van der Waals surface area contributed by atoms with Gasteiger partial charge in [0.05, 0.1) is 27.4 Å². The summed E-state index contributed by atoms with van der Waals surface area (Å²) in [5.41, 5.74) is 1.44. The molecule has 1 saturated heterocycles. The number of ether oxygens (including phenoxy) is 3. The fourth-order valence-electron chi connectivity index (χ4n) is 3.01. The first kappa shape index (κ1) is 19.3. The fourth-order valence-corrected chi connectivity index (χ4v) is 3.01. The zero-order valence-corrected chi connectivity index (χ0v) is 15.3. The van der Waals surface area contributed by atoms with E-state index in [0.717, 1.165) is 38.4 Å². The van der Waals surface area contributed by atoms with Crippen LogP contribution in [0.4, 0.5) is 0 Å². The predicted molar refractivity (Wildman–Crippen MR) is 97.6 cm³/mol. The normalized spacial score (nSPS) is 16.1. The van der Waals surface area contributed by atoms with Gasteiger partial charge < -0.3 is 19.5 Å². The molecule has 0 aliphatic carbocycles. The van der Waals surface area contributed by atoms with E-state index in [9.17, 15) is 4.79 Å². The molecule has 1 aromatic rings. The largest absolute Gasteiger partial charge is 0.493 e. The van der Waals surface area contributed by atoms with Crippen LogP contribution in [0.15, 0.2) is 24.8 Å². The molecule has 1 aliphatic heterocycles. The van der Waals surface area contributed by atoms with Crippen molar-refractivity contribution in [3.05, 3.63) is 35.9 Å². The molecule has 1 amide bonds. The van der Waals surface area contributed by atoms with Crippen LogP contribution in [0.5, 0.6) is 11.5 Å². The highest BCUT2D eigenvalue weighted by Gasteiger charge is 2.19. The molecular weight excluding hydrogens is 320 g/mol. The van der Waals surface area contributed by atoms with E-state index < -0.39 is 0 Å². The van der Waals surface area contributed by atoms with E-state index in [4.69, 9.17) is 14.2 Å². The lowest BCUT2D eigenvalue weighted by Gasteiger charge is -2.29.